The molecule has 1 N–H and O–H groups in total. The molecule has 4 rings (SSSR count). The molecular formula is C16H11N5OS. The first-order chi connectivity index (χ1) is 11.2. The highest BCUT2D eigenvalue weighted by molar-refractivity contribution is 7.00. The first-order valence-corrected chi connectivity index (χ1v) is 7.71. The Kier molecular flexibility index (Phi) is 3.20. The summed E-state index contributed by atoms with van der Waals surface area (Å²) in [5.41, 5.74) is 4.08. The average molecular weight is 321 g/mol. The monoisotopic (exact) mass is 321 g/mol. The fourth-order valence-electron chi connectivity index (χ4n) is 2.45. The number of amides is 1. The third-order valence-corrected chi connectivity index (χ3v) is 4.07. The highest BCUT2D eigenvalue weighted by Crippen LogP contribution is 2.24. The number of rotatable bonds is 2. The standard InChI is InChI=1S/C16H11N5OS/c1-9-8-11-12(5-3-6-13(11)19-18-9)17-16(22)10-4-2-7-14-15(10)21-23-20-14/h2-8H,1H3,(H,17,22). The van der Waals surface area contributed by atoms with Crippen molar-refractivity contribution in [3.8, 4) is 0 Å². The highest BCUT2D eigenvalue weighted by Gasteiger charge is 2.14. The maximum Gasteiger partial charge on any atom is 0.257 e. The van der Waals surface area contributed by atoms with Gasteiger partial charge in [-0.15, -0.1) is 0 Å². The molecule has 0 saturated heterocycles. The zero-order chi connectivity index (χ0) is 15.8. The van der Waals surface area contributed by atoms with E-state index >= 15 is 0 Å². The van der Waals surface area contributed by atoms with E-state index in [1.54, 1.807) is 12.1 Å². The summed E-state index contributed by atoms with van der Waals surface area (Å²) in [6, 6.07) is 12.8. The number of nitrogens with zero attached hydrogens (tertiary/aromatic N) is 4. The average Bonchev–Trinajstić information content (AvgIpc) is 3.04. The molecule has 0 bridgehead atoms. The van der Waals surface area contributed by atoms with E-state index in [-0.39, 0.29) is 5.91 Å². The Bertz CT molecular complexity index is 1040. The van der Waals surface area contributed by atoms with Crippen molar-refractivity contribution in [2.75, 3.05) is 5.32 Å². The van der Waals surface area contributed by atoms with Crippen molar-refractivity contribution >= 4 is 45.3 Å². The lowest BCUT2D eigenvalue weighted by atomic mass is 10.1. The number of fused-ring (bicyclic) bond motifs is 2. The molecule has 1 amide bonds. The van der Waals surface area contributed by atoms with Gasteiger partial charge in [0.1, 0.15) is 11.0 Å². The molecule has 23 heavy (non-hydrogen) atoms. The van der Waals surface area contributed by atoms with E-state index in [0.717, 1.165) is 33.8 Å². The minimum atomic E-state index is -0.217. The Morgan fingerprint density at radius 2 is 1.87 bits per heavy atom. The van der Waals surface area contributed by atoms with Gasteiger partial charge in [0.25, 0.3) is 5.91 Å². The molecule has 0 unspecified atom stereocenters. The van der Waals surface area contributed by atoms with Crippen LogP contribution in [0.2, 0.25) is 0 Å². The summed E-state index contributed by atoms with van der Waals surface area (Å²) in [5.74, 6) is -0.217. The van der Waals surface area contributed by atoms with E-state index in [1.807, 2.05) is 37.3 Å². The molecule has 7 heteroatoms. The highest BCUT2D eigenvalue weighted by atomic mass is 32.1. The first kappa shape index (κ1) is 13.7. The number of carbonyl (C=O) groups is 1. The van der Waals surface area contributed by atoms with E-state index in [1.165, 1.54) is 0 Å². The maximum absolute atomic E-state index is 12.6. The molecular weight excluding hydrogens is 310 g/mol. The molecule has 0 radical (unpaired) electrons. The Labute approximate surface area is 135 Å². The minimum Gasteiger partial charge on any atom is -0.321 e. The summed E-state index contributed by atoms with van der Waals surface area (Å²) >= 11 is 1.10. The van der Waals surface area contributed by atoms with Crippen LogP contribution in [-0.2, 0) is 0 Å². The van der Waals surface area contributed by atoms with E-state index in [0.29, 0.717) is 16.8 Å². The van der Waals surface area contributed by atoms with Crippen molar-refractivity contribution in [1.82, 2.24) is 18.9 Å². The number of anilines is 1. The maximum atomic E-state index is 12.6. The van der Waals surface area contributed by atoms with Gasteiger partial charge in [-0.2, -0.15) is 18.9 Å². The van der Waals surface area contributed by atoms with Crippen molar-refractivity contribution in [3.63, 3.8) is 0 Å². The molecule has 0 atom stereocenters. The zero-order valence-electron chi connectivity index (χ0n) is 12.1. The number of hydrogen-bond donors (Lipinski definition) is 1. The quantitative estimate of drug-likeness (QED) is 0.613. The van der Waals surface area contributed by atoms with Crippen LogP contribution in [0.5, 0.6) is 0 Å². The largest absolute Gasteiger partial charge is 0.321 e. The van der Waals surface area contributed by atoms with E-state index in [4.69, 9.17) is 0 Å². The van der Waals surface area contributed by atoms with E-state index in [2.05, 4.69) is 24.3 Å². The smallest absolute Gasteiger partial charge is 0.257 e. The van der Waals surface area contributed by atoms with Gasteiger partial charge < -0.3 is 5.32 Å². The molecule has 2 heterocycles. The minimum absolute atomic E-state index is 0.217. The second kappa shape index (κ2) is 5.36. The molecule has 0 saturated carbocycles. The van der Waals surface area contributed by atoms with Crippen LogP contribution in [0.25, 0.3) is 21.9 Å². The predicted octanol–water partition coefficient (Wildman–Crippen LogP) is 3.20. The summed E-state index contributed by atoms with van der Waals surface area (Å²) in [6.45, 7) is 1.87. The van der Waals surface area contributed by atoms with Crippen molar-refractivity contribution in [2.45, 2.75) is 6.92 Å². The molecule has 6 nitrogen and oxygen atoms in total. The molecule has 2 aromatic heterocycles. The van der Waals surface area contributed by atoms with Gasteiger partial charge in [0, 0.05) is 5.39 Å². The first-order valence-electron chi connectivity index (χ1n) is 6.98. The Balaban J connectivity index is 1.77. The van der Waals surface area contributed by atoms with Gasteiger partial charge in [-0.05, 0) is 37.3 Å². The van der Waals surface area contributed by atoms with Crippen LogP contribution in [-0.4, -0.2) is 24.9 Å². The number of nitrogens with one attached hydrogen (secondary N) is 1. The summed E-state index contributed by atoms with van der Waals surface area (Å²) < 4.78 is 8.37. The zero-order valence-corrected chi connectivity index (χ0v) is 13.0. The van der Waals surface area contributed by atoms with Gasteiger partial charge in [-0.1, -0.05) is 12.1 Å². The fraction of sp³-hybridized carbons (Fsp3) is 0.0625. The van der Waals surface area contributed by atoms with Crippen LogP contribution >= 0.6 is 11.7 Å². The summed E-state index contributed by atoms with van der Waals surface area (Å²) in [5, 5.41) is 12.0. The van der Waals surface area contributed by atoms with Crippen molar-refractivity contribution in [3.05, 3.63) is 53.7 Å². The van der Waals surface area contributed by atoms with Crippen LogP contribution in [0.3, 0.4) is 0 Å². The van der Waals surface area contributed by atoms with Crippen molar-refractivity contribution < 1.29 is 4.79 Å². The van der Waals surface area contributed by atoms with Crippen LogP contribution in [0, 0.1) is 6.92 Å². The lowest BCUT2D eigenvalue weighted by Gasteiger charge is -2.08. The fourth-order valence-corrected chi connectivity index (χ4v) is 3.00. The second-order valence-corrected chi connectivity index (χ2v) is 5.64. The topological polar surface area (TPSA) is 80.7 Å². The van der Waals surface area contributed by atoms with Crippen molar-refractivity contribution in [2.24, 2.45) is 0 Å². The molecule has 0 aliphatic rings. The van der Waals surface area contributed by atoms with Crippen LogP contribution in [0.4, 0.5) is 5.69 Å². The lowest BCUT2D eigenvalue weighted by molar-refractivity contribution is 0.102. The van der Waals surface area contributed by atoms with Crippen molar-refractivity contribution in [1.29, 1.82) is 0 Å². The van der Waals surface area contributed by atoms with Gasteiger partial charge >= 0.3 is 0 Å². The number of benzene rings is 2. The molecule has 4 aromatic rings. The number of carbonyl (C=O) groups excluding carboxylic acids is 1. The summed E-state index contributed by atoms with van der Waals surface area (Å²) in [4.78, 5) is 12.6. The van der Waals surface area contributed by atoms with Gasteiger partial charge in [-0.3, -0.25) is 4.79 Å². The van der Waals surface area contributed by atoms with Crippen LogP contribution in [0.1, 0.15) is 16.1 Å². The third-order valence-electron chi connectivity index (χ3n) is 3.53. The van der Waals surface area contributed by atoms with Crippen LogP contribution < -0.4 is 5.32 Å². The summed E-state index contributed by atoms with van der Waals surface area (Å²) in [7, 11) is 0. The van der Waals surface area contributed by atoms with Gasteiger partial charge in [0.2, 0.25) is 0 Å². The second-order valence-electron chi connectivity index (χ2n) is 5.12. The molecule has 0 aliphatic carbocycles. The molecule has 0 spiro atoms. The van der Waals surface area contributed by atoms with Crippen LogP contribution in [0.15, 0.2) is 42.5 Å². The number of aryl methyl sites for hydroxylation is 1. The Morgan fingerprint density at radius 1 is 1.04 bits per heavy atom. The van der Waals surface area contributed by atoms with Gasteiger partial charge in [-0.25, -0.2) is 0 Å². The predicted molar refractivity (Wildman–Crippen MR) is 89.6 cm³/mol. The SMILES string of the molecule is Cc1cc2c(NC(=O)c3cccc4nsnc34)cccc2nn1. The third kappa shape index (κ3) is 2.40. The van der Waals surface area contributed by atoms with E-state index in [9.17, 15) is 4.79 Å². The summed E-state index contributed by atoms with van der Waals surface area (Å²) in [6.07, 6.45) is 0. The van der Waals surface area contributed by atoms with Gasteiger partial charge in [0.05, 0.1) is 34.2 Å². The Hall–Kier alpha value is -2.93. The molecule has 2 aromatic carbocycles. The van der Waals surface area contributed by atoms with E-state index < -0.39 is 0 Å². The molecule has 112 valence electrons. The normalized spacial score (nSPS) is 11.0. The Morgan fingerprint density at radius 3 is 2.78 bits per heavy atom. The lowest BCUT2D eigenvalue weighted by Crippen LogP contribution is -2.13. The molecule has 0 aliphatic heterocycles. The number of hydrogen-bond acceptors (Lipinski definition) is 6. The molecule has 0 fully saturated rings. The number of aromatic nitrogens is 4. The van der Waals surface area contributed by atoms with Gasteiger partial charge in [0.15, 0.2) is 0 Å².